The number of amides is 1. The van der Waals surface area contributed by atoms with Gasteiger partial charge in [0.15, 0.2) is 5.78 Å². The first kappa shape index (κ1) is 19.5. The molecule has 1 fully saturated rings. The normalized spacial score (nSPS) is 20.3. The molecule has 0 aliphatic carbocycles. The molecule has 2 aliphatic rings. The first-order chi connectivity index (χ1) is 12.4. The molecule has 1 saturated heterocycles. The molecule has 0 bridgehead atoms. The molecule has 2 aromatic carbocycles. The number of fused-ring (bicyclic) bond motifs is 2. The van der Waals surface area contributed by atoms with Crippen LogP contribution in [0, 0.1) is 0 Å². The van der Waals surface area contributed by atoms with Crippen molar-refractivity contribution in [3.63, 3.8) is 0 Å². The number of sulfone groups is 1. The Morgan fingerprint density at radius 1 is 1.11 bits per heavy atom. The van der Waals surface area contributed by atoms with Gasteiger partial charge in [-0.05, 0) is 37.3 Å². The van der Waals surface area contributed by atoms with Crippen molar-refractivity contribution in [3.8, 4) is 0 Å². The standard InChI is InChI=1S/C19H18N2O4S.ClH/c1-12-11-20-8-9-21(12)19(23)13-6-7-15-17(10-13)26(24,25)16-5-3-2-4-14(16)18(15)22;/h2-7,10,12,20H,8-9,11H2,1H3;1H/t12-;/m0./s1. The molecule has 0 spiro atoms. The van der Waals surface area contributed by atoms with E-state index in [1.54, 1.807) is 17.0 Å². The molecule has 1 N–H and O–H groups in total. The Morgan fingerprint density at radius 2 is 1.81 bits per heavy atom. The molecule has 27 heavy (non-hydrogen) atoms. The minimum absolute atomic E-state index is 0. The lowest BCUT2D eigenvalue weighted by atomic mass is 10.0. The summed E-state index contributed by atoms with van der Waals surface area (Å²) in [5.74, 6) is -0.553. The van der Waals surface area contributed by atoms with Crippen molar-refractivity contribution in [2.24, 2.45) is 0 Å². The third-order valence-electron chi connectivity index (χ3n) is 4.95. The Balaban J connectivity index is 0.00000210. The molecule has 2 heterocycles. The van der Waals surface area contributed by atoms with Crippen LogP contribution in [-0.2, 0) is 9.84 Å². The third-order valence-corrected chi connectivity index (χ3v) is 6.80. The van der Waals surface area contributed by atoms with Crippen LogP contribution in [0.1, 0.15) is 33.2 Å². The van der Waals surface area contributed by atoms with E-state index in [4.69, 9.17) is 0 Å². The molecule has 6 nitrogen and oxygen atoms in total. The predicted octanol–water partition coefficient (Wildman–Crippen LogP) is 1.92. The van der Waals surface area contributed by atoms with Gasteiger partial charge in [-0.1, -0.05) is 12.1 Å². The first-order valence-corrected chi connectivity index (χ1v) is 9.94. The van der Waals surface area contributed by atoms with E-state index >= 15 is 0 Å². The molecule has 2 aliphatic heterocycles. The maximum absolute atomic E-state index is 13.0. The summed E-state index contributed by atoms with van der Waals surface area (Å²) in [5, 5.41) is 3.22. The predicted molar refractivity (Wildman–Crippen MR) is 102 cm³/mol. The largest absolute Gasteiger partial charge is 0.333 e. The summed E-state index contributed by atoms with van der Waals surface area (Å²) >= 11 is 0. The fraction of sp³-hybridized carbons (Fsp3) is 0.263. The van der Waals surface area contributed by atoms with Crippen molar-refractivity contribution in [1.29, 1.82) is 0 Å². The van der Waals surface area contributed by atoms with Crippen molar-refractivity contribution in [2.75, 3.05) is 19.6 Å². The van der Waals surface area contributed by atoms with Crippen LogP contribution in [0.5, 0.6) is 0 Å². The Hall–Kier alpha value is -2.22. The van der Waals surface area contributed by atoms with E-state index in [0.717, 1.165) is 0 Å². The van der Waals surface area contributed by atoms with Crippen LogP contribution >= 0.6 is 12.4 Å². The molecule has 0 unspecified atom stereocenters. The van der Waals surface area contributed by atoms with E-state index in [1.807, 2.05) is 6.92 Å². The number of nitrogens with one attached hydrogen (secondary N) is 1. The van der Waals surface area contributed by atoms with Crippen LogP contribution in [0.3, 0.4) is 0 Å². The number of halogens is 1. The van der Waals surface area contributed by atoms with E-state index in [0.29, 0.717) is 19.6 Å². The summed E-state index contributed by atoms with van der Waals surface area (Å²) in [5.41, 5.74) is 0.580. The zero-order valence-electron chi connectivity index (χ0n) is 14.6. The Labute approximate surface area is 163 Å². The highest BCUT2D eigenvalue weighted by molar-refractivity contribution is 7.91. The first-order valence-electron chi connectivity index (χ1n) is 8.46. The number of benzene rings is 2. The lowest BCUT2D eigenvalue weighted by Crippen LogP contribution is -2.52. The van der Waals surface area contributed by atoms with E-state index in [2.05, 4.69) is 5.32 Å². The Kier molecular flexibility index (Phi) is 5.12. The summed E-state index contributed by atoms with van der Waals surface area (Å²) in [6.45, 7) is 3.90. The van der Waals surface area contributed by atoms with Gasteiger partial charge in [-0.25, -0.2) is 8.42 Å². The van der Waals surface area contributed by atoms with Crippen molar-refractivity contribution >= 4 is 33.9 Å². The summed E-state index contributed by atoms with van der Waals surface area (Å²) in [6, 6.07) is 10.5. The zero-order valence-corrected chi connectivity index (χ0v) is 16.3. The maximum Gasteiger partial charge on any atom is 0.254 e. The minimum Gasteiger partial charge on any atom is -0.333 e. The number of nitrogens with zero attached hydrogens (tertiary/aromatic N) is 1. The number of hydrogen-bond acceptors (Lipinski definition) is 5. The summed E-state index contributed by atoms with van der Waals surface area (Å²) in [7, 11) is -3.84. The number of carbonyl (C=O) groups is 2. The van der Waals surface area contributed by atoms with Gasteiger partial charge in [-0.15, -0.1) is 12.4 Å². The van der Waals surface area contributed by atoms with Gasteiger partial charge in [0.05, 0.1) is 9.79 Å². The SMILES string of the molecule is C[C@H]1CNCCN1C(=O)c1ccc2c(c1)S(=O)(=O)c1ccccc1C2=O.Cl. The number of carbonyl (C=O) groups excluding carboxylic acids is 2. The van der Waals surface area contributed by atoms with E-state index in [-0.39, 0.29) is 56.6 Å². The lowest BCUT2D eigenvalue weighted by molar-refractivity contribution is 0.0655. The van der Waals surface area contributed by atoms with Crippen molar-refractivity contribution < 1.29 is 18.0 Å². The van der Waals surface area contributed by atoms with Crippen LogP contribution in [0.2, 0.25) is 0 Å². The highest BCUT2D eigenvalue weighted by Gasteiger charge is 2.35. The van der Waals surface area contributed by atoms with E-state index < -0.39 is 9.84 Å². The highest BCUT2D eigenvalue weighted by atomic mass is 35.5. The Bertz CT molecular complexity index is 1040. The molecule has 0 aromatic heterocycles. The second kappa shape index (κ2) is 7.07. The summed E-state index contributed by atoms with van der Waals surface area (Å²) in [6.07, 6.45) is 0. The second-order valence-corrected chi connectivity index (χ2v) is 8.48. The highest BCUT2D eigenvalue weighted by Crippen LogP contribution is 2.35. The van der Waals surface area contributed by atoms with E-state index in [9.17, 15) is 18.0 Å². The van der Waals surface area contributed by atoms with Gasteiger partial charge in [0.1, 0.15) is 0 Å². The second-order valence-electron chi connectivity index (χ2n) is 6.59. The van der Waals surface area contributed by atoms with Gasteiger partial charge < -0.3 is 10.2 Å². The fourth-order valence-corrected chi connectivity index (χ4v) is 5.20. The molecular weight excluding hydrogens is 388 g/mol. The van der Waals surface area contributed by atoms with Crippen molar-refractivity contribution in [1.82, 2.24) is 10.2 Å². The molecule has 0 radical (unpaired) electrons. The number of rotatable bonds is 1. The topological polar surface area (TPSA) is 83.6 Å². The van der Waals surface area contributed by atoms with Crippen LogP contribution in [0.4, 0.5) is 0 Å². The van der Waals surface area contributed by atoms with Gasteiger partial charge in [-0.3, -0.25) is 9.59 Å². The van der Waals surface area contributed by atoms with Crippen LogP contribution in [0.15, 0.2) is 52.3 Å². The lowest BCUT2D eigenvalue weighted by Gasteiger charge is -2.34. The number of ketones is 1. The molecule has 1 amide bonds. The van der Waals surface area contributed by atoms with E-state index in [1.165, 1.54) is 30.3 Å². The van der Waals surface area contributed by atoms with Crippen molar-refractivity contribution in [3.05, 3.63) is 59.2 Å². The number of hydrogen-bond donors (Lipinski definition) is 1. The molecule has 0 saturated carbocycles. The van der Waals surface area contributed by atoms with Crippen molar-refractivity contribution in [2.45, 2.75) is 22.8 Å². The van der Waals surface area contributed by atoms with Crippen LogP contribution in [-0.4, -0.2) is 50.7 Å². The summed E-state index contributed by atoms with van der Waals surface area (Å²) in [4.78, 5) is 27.2. The van der Waals surface area contributed by atoms with Gasteiger partial charge >= 0.3 is 0 Å². The molecule has 2 aromatic rings. The molecule has 8 heteroatoms. The van der Waals surface area contributed by atoms with Crippen LogP contribution < -0.4 is 5.32 Å². The van der Waals surface area contributed by atoms with Crippen LogP contribution in [0.25, 0.3) is 0 Å². The minimum atomic E-state index is -3.84. The summed E-state index contributed by atoms with van der Waals surface area (Å²) < 4.78 is 25.9. The van der Waals surface area contributed by atoms with Gasteiger partial charge in [-0.2, -0.15) is 0 Å². The third kappa shape index (κ3) is 3.05. The quantitative estimate of drug-likeness (QED) is 0.667. The maximum atomic E-state index is 13.0. The molecule has 1 atom stereocenters. The van der Waals surface area contributed by atoms with Gasteiger partial charge in [0.25, 0.3) is 5.91 Å². The molecule has 4 rings (SSSR count). The average Bonchev–Trinajstić information content (AvgIpc) is 2.66. The zero-order chi connectivity index (χ0) is 18.5. The monoisotopic (exact) mass is 406 g/mol. The van der Waals surface area contributed by atoms with Gasteiger partial charge in [0, 0.05) is 42.4 Å². The molecular formula is C19H19ClN2O4S. The molecule has 142 valence electrons. The fourth-order valence-electron chi connectivity index (χ4n) is 3.53. The van der Waals surface area contributed by atoms with Gasteiger partial charge in [0.2, 0.25) is 9.84 Å². The Morgan fingerprint density at radius 3 is 2.56 bits per heavy atom. The number of piperazine rings is 1. The smallest absolute Gasteiger partial charge is 0.254 e. The average molecular weight is 407 g/mol.